The number of methoxy groups -OCH3 is 9. The van der Waals surface area contributed by atoms with Crippen molar-refractivity contribution in [2.45, 2.75) is 88.8 Å². The summed E-state index contributed by atoms with van der Waals surface area (Å²) >= 11 is 0. The Kier molecular flexibility index (Phi) is 14.8. The highest BCUT2D eigenvalue weighted by atomic mass is 16.5. The molecule has 0 spiro atoms. The number of benzene rings is 3. The largest absolute Gasteiger partial charge is 0.493 e. The lowest BCUT2D eigenvalue weighted by molar-refractivity contribution is 0.297. The highest BCUT2D eigenvalue weighted by Gasteiger charge is 2.33. The Morgan fingerprint density at radius 1 is 0.421 bits per heavy atom. The van der Waals surface area contributed by atoms with E-state index < -0.39 is 0 Å². The zero-order valence-electron chi connectivity index (χ0n) is 35.6. The lowest BCUT2D eigenvalue weighted by Gasteiger charge is -2.33. The lowest BCUT2D eigenvalue weighted by atomic mass is 9.82. The maximum absolute atomic E-state index is 6.02. The summed E-state index contributed by atoms with van der Waals surface area (Å²) in [6.45, 7) is 2.74. The fourth-order valence-corrected chi connectivity index (χ4v) is 9.66. The number of hydrogen-bond donors (Lipinski definition) is 3. The molecule has 3 aliphatic heterocycles. The minimum atomic E-state index is 0.152. The molecular formula is C45H65N3O9. The molecule has 0 aliphatic carbocycles. The molecule has 0 aromatic heterocycles. The summed E-state index contributed by atoms with van der Waals surface area (Å²) in [5.41, 5.74) is 7.36. The monoisotopic (exact) mass is 791 g/mol. The van der Waals surface area contributed by atoms with Crippen LogP contribution in [0.1, 0.15) is 103 Å². The molecule has 3 aromatic rings. The average molecular weight is 792 g/mol. The van der Waals surface area contributed by atoms with Gasteiger partial charge in [-0.15, -0.1) is 0 Å². The predicted molar refractivity (Wildman–Crippen MR) is 222 cm³/mol. The van der Waals surface area contributed by atoms with Gasteiger partial charge in [-0.3, -0.25) is 0 Å². The van der Waals surface area contributed by atoms with Gasteiger partial charge < -0.3 is 58.6 Å². The van der Waals surface area contributed by atoms with Gasteiger partial charge in [0.1, 0.15) is 0 Å². The van der Waals surface area contributed by atoms with Crippen molar-refractivity contribution in [1.82, 2.24) is 16.0 Å². The van der Waals surface area contributed by atoms with E-state index in [4.69, 9.17) is 42.6 Å². The molecule has 3 N–H and O–H groups in total. The van der Waals surface area contributed by atoms with Crippen LogP contribution in [0.2, 0.25) is 0 Å². The van der Waals surface area contributed by atoms with Crippen LogP contribution in [0.25, 0.3) is 0 Å². The molecule has 3 heterocycles. The molecule has 3 unspecified atom stereocenters. The molecular weight excluding hydrogens is 727 g/mol. The van der Waals surface area contributed by atoms with Crippen LogP contribution < -0.4 is 58.6 Å². The van der Waals surface area contributed by atoms with Crippen LogP contribution in [0.15, 0.2) is 18.2 Å². The van der Waals surface area contributed by atoms with Crippen molar-refractivity contribution in [2.24, 2.45) is 5.92 Å². The van der Waals surface area contributed by atoms with Crippen molar-refractivity contribution >= 4 is 0 Å². The number of hydrogen-bond acceptors (Lipinski definition) is 12. The number of fused-ring (bicyclic) bond motifs is 3. The first-order valence-corrected chi connectivity index (χ1v) is 20.5. The van der Waals surface area contributed by atoms with Crippen LogP contribution in [0.5, 0.6) is 51.7 Å². The van der Waals surface area contributed by atoms with Crippen molar-refractivity contribution < 1.29 is 42.6 Å². The lowest BCUT2D eigenvalue weighted by Crippen LogP contribution is -2.32. The summed E-state index contributed by atoms with van der Waals surface area (Å²) in [6, 6.07) is 6.87. The van der Waals surface area contributed by atoms with Crippen LogP contribution in [0, 0.1) is 5.92 Å². The van der Waals surface area contributed by atoms with E-state index in [0.29, 0.717) is 40.4 Å². The Morgan fingerprint density at radius 2 is 0.754 bits per heavy atom. The molecule has 3 atom stereocenters. The zero-order chi connectivity index (χ0) is 40.5. The first-order chi connectivity index (χ1) is 27.9. The SMILES string of the molecule is COc1cc2c(c(OC)c1OC)C(CCCCC(CCC1NCCc3cc(OC)c(OC)c(OC)c31)CCC1NCCc3cc(OC)c(OC)c(OC)c31)NCC2. The molecule has 3 aliphatic rings. The maximum Gasteiger partial charge on any atom is 0.203 e. The molecule has 0 fully saturated rings. The molecule has 6 rings (SSSR count). The van der Waals surface area contributed by atoms with Gasteiger partial charge in [0, 0.05) is 34.8 Å². The van der Waals surface area contributed by atoms with Gasteiger partial charge in [0.2, 0.25) is 17.2 Å². The summed E-state index contributed by atoms with van der Waals surface area (Å²) in [7, 11) is 15.2. The standard InChI is InChI=1S/C45H65N3O9/c1-49-34-24-28-18-21-46-31(37(28)43(55-7)40(34)52-4)13-11-10-12-27(14-16-32-38-29(19-22-47-32)25-35(50-2)41(53-5)44(38)56-8)15-17-33-39-30(20-23-48-33)26-36(51-3)42(54-6)45(39)57-9/h24-27,31-33,46-48H,10-23H2,1-9H3. The quantitative estimate of drug-likeness (QED) is 0.0987. The van der Waals surface area contributed by atoms with E-state index >= 15 is 0 Å². The van der Waals surface area contributed by atoms with Crippen molar-refractivity contribution in [3.8, 4) is 51.7 Å². The first-order valence-electron chi connectivity index (χ1n) is 20.5. The van der Waals surface area contributed by atoms with Crippen molar-refractivity contribution in [3.05, 3.63) is 51.6 Å². The van der Waals surface area contributed by atoms with E-state index in [2.05, 4.69) is 34.1 Å². The van der Waals surface area contributed by atoms with Gasteiger partial charge in [0.15, 0.2) is 34.5 Å². The Bertz CT molecular complexity index is 1730. The molecule has 0 saturated heterocycles. The Labute approximate surface area is 339 Å². The molecule has 0 saturated carbocycles. The Balaban J connectivity index is 1.21. The summed E-state index contributed by atoms with van der Waals surface area (Å²) < 4.78 is 52.5. The van der Waals surface area contributed by atoms with Gasteiger partial charge in [-0.05, 0) is 112 Å². The summed E-state index contributed by atoms with van der Waals surface area (Å²) in [6.07, 6.45) is 11.2. The number of ether oxygens (including phenoxy) is 9. The van der Waals surface area contributed by atoms with E-state index in [1.165, 1.54) is 33.4 Å². The van der Waals surface area contributed by atoms with Gasteiger partial charge in [-0.1, -0.05) is 19.3 Å². The molecule has 3 aromatic carbocycles. The van der Waals surface area contributed by atoms with Crippen molar-refractivity contribution in [3.63, 3.8) is 0 Å². The molecule has 0 radical (unpaired) electrons. The summed E-state index contributed by atoms with van der Waals surface area (Å²) in [4.78, 5) is 0. The molecule has 0 bridgehead atoms. The highest BCUT2D eigenvalue weighted by Crippen LogP contribution is 2.50. The van der Waals surface area contributed by atoms with Crippen molar-refractivity contribution in [2.75, 3.05) is 83.6 Å². The molecule has 12 heteroatoms. The third-order valence-electron chi connectivity index (χ3n) is 12.3. The second kappa shape index (κ2) is 19.9. The maximum atomic E-state index is 6.02. The van der Waals surface area contributed by atoms with Crippen LogP contribution in [-0.4, -0.2) is 83.6 Å². The second-order valence-electron chi connectivity index (χ2n) is 15.2. The minimum Gasteiger partial charge on any atom is -0.493 e. The van der Waals surface area contributed by atoms with E-state index in [0.717, 1.165) is 108 Å². The van der Waals surface area contributed by atoms with E-state index in [1.807, 2.05) is 0 Å². The van der Waals surface area contributed by atoms with Gasteiger partial charge in [-0.2, -0.15) is 0 Å². The Hall–Kier alpha value is -4.26. The number of unbranched alkanes of at least 4 members (excludes halogenated alkanes) is 1. The molecule has 0 amide bonds. The topological polar surface area (TPSA) is 119 Å². The Morgan fingerprint density at radius 3 is 1.07 bits per heavy atom. The van der Waals surface area contributed by atoms with Gasteiger partial charge in [0.05, 0.1) is 64.0 Å². The van der Waals surface area contributed by atoms with Crippen molar-refractivity contribution in [1.29, 1.82) is 0 Å². The predicted octanol–water partition coefficient (Wildman–Crippen LogP) is 7.46. The second-order valence-corrected chi connectivity index (χ2v) is 15.2. The smallest absolute Gasteiger partial charge is 0.203 e. The van der Waals surface area contributed by atoms with Crippen LogP contribution in [0.4, 0.5) is 0 Å². The zero-order valence-corrected chi connectivity index (χ0v) is 35.6. The highest BCUT2D eigenvalue weighted by molar-refractivity contribution is 5.63. The fraction of sp³-hybridized carbons (Fsp3) is 0.600. The minimum absolute atomic E-state index is 0.152. The van der Waals surface area contributed by atoms with Crippen LogP contribution in [0.3, 0.4) is 0 Å². The van der Waals surface area contributed by atoms with Gasteiger partial charge >= 0.3 is 0 Å². The normalized spacial score (nSPS) is 19.0. The van der Waals surface area contributed by atoms with Crippen LogP contribution in [-0.2, 0) is 19.3 Å². The molecule has 57 heavy (non-hydrogen) atoms. The number of nitrogens with one attached hydrogen (secondary N) is 3. The van der Waals surface area contributed by atoms with E-state index in [-0.39, 0.29) is 18.1 Å². The number of rotatable bonds is 20. The summed E-state index contributed by atoms with van der Waals surface area (Å²) in [5.74, 6) is 6.91. The third kappa shape index (κ3) is 8.78. The summed E-state index contributed by atoms with van der Waals surface area (Å²) in [5, 5.41) is 11.4. The fourth-order valence-electron chi connectivity index (χ4n) is 9.66. The molecule has 314 valence electrons. The molecule has 12 nitrogen and oxygen atoms in total. The average Bonchev–Trinajstić information content (AvgIpc) is 3.25. The first kappa shape index (κ1) is 42.3. The van der Waals surface area contributed by atoms with E-state index in [1.54, 1.807) is 64.0 Å². The van der Waals surface area contributed by atoms with Gasteiger partial charge in [-0.25, -0.2) is 0 Å². The van der Waals surface area contributed by atoms with Crippen LogP contribution >= 0.6 is 0 Å². The van der Waals surface area contributed by atoms with Gasteiger partial charge in [0.25, 0.3) is 0 Å². The third-order valence-corrected chi connectivity index (χ3v) is 12.3. The van der Waals surface area contributed by atoms with E-state index in [9.17, 15) is 0 Å².